The van der Waals surface area contributed by atoms with Crippen LogP contribution in [0.15, 0.2) is 47.7 Å². The Hall–Kier alpha value is -1.91. The largest absolute Gasteiger partial charge is 0.350 e. The molecule has 0 spiro atoms. The van der Waals surface area contributed by atoms with Gasteiger partial charge in [0.15, 0.2) is 0 Å². The fourth-order valence-electron chi connectivity index (χ4n) is 2.07. The molecule has 0 amide bonds. The maximum Gasteiger partial charge on any atom is 0.103 e. The molecule has 4 nitrogen and oxygen atoms in total. The molecule has 20 heavy (non-hydrogen) atoms. The average molecular weight is 270 g/mol. The number of hydrogen-bond donors (Lipinski definition) is 3. The van der Waals surface area contributed by atoms with Crippen LogP contribution in [0.25, 0.3) is 5.57 Å². The minimum absolute atomic E-state index is 0.731. The van der Waals surface area contributed by atoms with Gasteiger partial charge in [-0.1, -0.05) is 30.8 Å². The molecule has 1 aromatic carbocycles. The van der Waals surface area contributed by atoms with Gasteiger partial charge in [0, 0.05) is 18.3 Å². The fraction of sp³-hybridized carbons (Fsp3) is 0.312. The summed E-state index contributed by atoms with van der Waals surface area (Å²) in [5.41, 5.74) is 9.70. The lowest BCUT2D eigenvalue weighted by Crippen LogP contribution is -2.18. The van der Waals surface area contributed by atoms with Crippen molar-refractivity contribution in [1.29, 1.82) is 0 Å². The van der Waals surface area contributed by atoms with E-state index in [1.807, 2.05) is 13.1 Å². The number of nitrogens with zero attached hydrogens (tertiary/aromatic N) is 1. The zero-order chi connectivity index (χ0) is 14.4. The molecule has 0 atom stereocenters. The summed E-state index contributed by atoms with van der Waals surface area (Å²) in [6, 6.07) is 8.47. The molecule has 1 heterocycles. The van der Waals surface area contributed by atoms with Crippen LogP contribution < -0.4 is 16.4 Å². The van der Waals surface area contributed by atoms with E-state index in [2.05, 4.69) is 46.5 Å². The monoisotopic (exact) mass is 270 g/mol. The van der Waals surface area contributed by atoms with E-state index in [1.165, 1.54) is 5.56 Å². The van der Waals surface area contributed by atoms with Gasteiger partial charge in [0.1, 0.15) is 5.84 Å². The van der Waals surface area contributed by atoms with Crippen molar-refractivity contribution in [2.45, 2.75) is 19.9 Å². The predicted octanol–water partition coefficient (Wildman–Crippen LogP) is 2.00. The molecule has 4 heteroatoms. The van der Waals surface area contributed by atoms with E-state index in [9.17, 15) is 0 Å². The molecule has 1 aliphatic heterocycles. The molecular weight excluding hydrogens is 248 g/mol. The summed E-state index contributed by atoms with van der Waals surface area (Å²) in [6.45, 7) is 8.48. The summed E-state index contributed by atoms with van der Waals surface area (Å²) in [6.07, 6.45) is 2.97. The van der Waals surface area contributed by atoms with Crippen molar-refractivity contribution in [3.63, 3.8) is 0 Å². The van der Waals surface area contributed by atoms with Gasteiger partial charge in [0.25, 0.3) is 0 Å². The van der Waals surface area contributed by atoms with Crippen molar-refractivity contribution in [2.75, 3.05) is 13.1 Å². The zero-order valence-corrected chi connectivity index (χ0v) is 11.9. The lowest BCUT2D eigenvalue weighted by molar-refractivity contribution is 0.655. The molecule has 106 valence electrons. The van der Waals surface area contributed by atoms with Gasteiger partial charge in [0.05, 0.1) is 5.70 Å². The third-order valence-electron chi connectivity index (χ3n) is 3.19. The van der Waals surface area contributed by atoms with E-state index in [0.717, 1.165) is 48.7 Å². The van der Waals surface area contributed by atoms with E-state index in [4.69, 9.17) is 5.73 Å². The Morgan fingerprint density at radius 2 is 2.05 bits per heavy atom. The molecule has 0 radical (unpaired) electrons. The molecule has 2 rings (SSSR count). The van der Waals surface area contributed by atoms with Gasteiger partial charge < -0.3 is 16.4 Å². The molecule has 0 fully saturated rings. The second-order valence-electron chi connectivity index (χ2n) is 4.86. The highest BCUT2D eigenvalue weighted by Gasteiger charge is 2.09. The SMILES string of the molecule is C=C1N=C(C)NC=C1c1ccc(CNCCCN)cc1. The van der Waals surface area contributed by atoms with Crippen LogP contribution in [0.3, 0.4) is 0 Å². The molecule has 1 aromatic rings. The van der Waals surface area contributed by atoms with Crippen LogP contribution in [-0.4, -0.2) is 18.9 Å². The van der Waals surface area contributed by atoms with Gasteiger partial charge in [-0.15, -0.1) is 0 Å². The number of allylic oxidation sites excluding steroid dienone is 1. The van der Waals surface area contributed by atoms with Crippen molar-refractivity contribution in [3.05, 3.63) is 53.9 Å². The molecule has 0 saturated heterocycles. The first-order valence-electron chi connectivity index (χ1n) is 6.92. The Balaban J connectivity index is 1.97. The Labute approximate surface area is 120 Å². The van der Waals surface area contributed by atoms with Gasteiger partial charge in [-0.25, -0.2) is 4.99 Å². The van der Waals surface area contributed by atoms with Crippen LogP contribution in [0.5, 0.6) is 0 Å². The Morgan fingerprint density at radius 1 is 1.30 bits per heavy atom. The molecule has 4 N–H and O–H groups in total. The van der Waals surface area contributed by atoms with Gasteiger partial charge in [-0.2, -0.15) is 0 Å². The van der Waals surface area contributed by atoms with Crippen molar-refractivity contribution in [3.8, 4) is 0 Å². The van der Waals surface area contributed by atoms with E-state index < -0.39 is 0 Å². The van der Waals surface area contributed by atoms with Gasteiger partial charge in [0.2, 0.25) is 0 Å². The first-order valence-corrected chi connectivity index (χ1v) is 6.92. The third-order valence-corrected chi connectivity index (χ3v) is 3.19. The van der Waals surface area contributed by atoms with E-state index >= 15 is 0 Å². The number of nitrogens with one attached hydrogen (secondary N) is 2. The van der Waals surface area contributed by atoms with Crippen LogP contribution in [0.2, 0.25) is 0 Å². The van der Waals surface area contributed by atoms with Gasteiger partial charge in [-0.3, -0.25) is 0 Å². The summed E-state index contributed by atoms with van der Waals surface area (Å²) in [5, 5.41) is 6.50. The van der Waals surface area contributed by atoms with Crippen LogP contribution in [0.1, 0.15) is 24.5 Å². The lowest BCUT2D eigenvalue weighted by atomic mass is 10.0. The fourth-order valence-corrected chi connectivity index (χ4v) is 2.07. The number of hydrogen-bond acceptors (Lipinski definition) is 4. The Kier molecular flexibility index (Phi) is 5.09. The maximum absolute atomic E-state index is 5.46. The van der Waals surface area contributed by atoms with E-state index in [-0.39, 0.29) is 0 Å². The predicted molar refractivity (Wildman–Crippen MR) is 85.2 cm³/mol. The molecule has 0 saturated carbocycles. The van der Waals surface area contributed by atoms with Crippen molar-refractivity contribution in [2.24, 2.45) is 10.7 Å². The second kappa shape index (κ2) is 7.03. The maximum atomic E-state index is 5.46. The molecule has 1 aliphatic rings. The molecule has 0 aliphatic carbocycles. The van der Waals surface area contributed by atoms with Crippen molar-refractivity contribution in [1.82, 2.24) is 10.6 Å². The van der Waals surface area contributed by atoms with E-state index in [0.29, 0.717) is 0 Å². The first kappa shape index (κ1) is 14.5. The second-order valence-corrected chi connectivity index (χ2v) is 4.86. The van der Waals surface area contributed by atoms with E-state index in [1.54, 1.807) is 0 Å². The summed E-state index contributed by atoms with van der Waals surface area (Å²) in [5.74, 6) is 0.875. The number of rotatable bonds is 6. The third kappa shape index (κ3) is 3.79. The summed E-state index contributed by atoms with van der Waals surface area (Å²) < 4.78 is 0. The van der Waals surface area contributed by atoms with Crippen LogP contribution >= 0.6 is 0 Å². The molecular formula is C16H22N4. The first-order chi connectivity index (χ1) is 9.70. The molecule has 0 aromatic heterocycles. The van der Waals surface area contributed by atoms with Gasteiger partial charge >= 0.3 is 0 Å². The normalized spacial score (nSPS) is 14.6. The topological polar surface area (TPSA) is 62.4 Å². The summed E-state index contributed by atoms with van der Waals surface area (Å²) in [7, 11) is 0. The quantitative estimate of drug-likeness (QED) is 0.693. The molecule has 0 bridgehead atoms. The Bertz CT molecular complexity index is 526. The highest BCUT2D eigenvalue weighted by molar-refractivity contribution is 5.91. The number of nitrogens with two attached hydrogens (primary N) is 1. The smallest absolute Gasteiger partial charge is 0.103 e. The average Bonchev–Trinajstić information content (AvgIpc) is 2.45. The minimum Gasteiger partial charge on any atom is -0.350 e. The number of aliphatic imine (C=N–C) groups is 1. The van der Waals surface area contributed by atoms with Gasteiger partial charge in [-0.05, 0) is 37.6 Å². The zero-order valence-electron chi connectivity index (χ0n) is 11.9. The highest BCUT2D eigenvalue weighted by Crippen LogP contribution is 2.24. The summed E-state index contributed by atoms with van der Waals surface area (Å²) in [4.78, 5) is 4.35. The van der Waals surface area contributed by atoms with Crippen LogP contribution in [0.4, 0.5) is 0 Å². The number of benzene rings is 1. The lowest BCUT2D eigenvalue weighted by Gasteiger charge is -2.15. The standard InChI is InChI=1S/C16H22N4/c1-12-16(11-19-13(2)20-12)15-6-4-14(5-7-15)10-18-9-3-8-17/h4-7,11,18H,1,3,8-10,17H2,2H3,(H,19,20). The van der Waals surface area contributed by atoms with Crippen molar-refractivity contribution < 1.29 is 0 Å². The molecule has 0 unspecified atom stereocenters. The highest BCUT2D eigenvalue weighted by atomic mass is 15.0. The van der Waals surface area contributed by atoms with Crippen LogP contribution in [-0.2, 0) is 6.54 Å². The van der Waals surface area contributed by atoms with Crippen molar-refractivity contribution >= 4 is 11.4 Å². The summed E-state index contributed by atoms with van der Waals surface area (Å²) >= 11 is 0. The minimum atomic E-state index is 0.731. The number of amidine groups is 1. The van der Waals surface area contributed by atoms with Crippen LogP contribution in [0, 0.1) is 0 Å². The Morgan fingerprint density at radius 3 is 2.70 bits per heavy atom.